The Labute approximate surface area is 298 Å². The van der Waals surface area contributed by atoms with Crippen LogP contribution in [-0.2, 0) is 20.9 Å². The predicted molar refractivity (Wildman–Crippen MR) is 184 cm³/mol. The molecule has 13 nitrogen and oxygen atoms in total. The molecule has 3 fully saturated rings. The van der Waals surface area contributed by atoms with E-state index >= 15 is 4.39 Å². The highest BCUT2D eigenvalue weighted by molar-refractivity contribution is 6.33. The normalized spacial score (nSPS) is 20.9. The Bertz CT molecular complexity index is 1940. The summed E-state index contributed by atoms with van der Waals surface area (Å²) in [6.07, 6.45) is 4.41. The molecule has 0 aliphatic carbocycles. The number of nitriles is 1. The minimum atomic E-state index is -1.15. The second kappa shape index (κ2) is 14.3. The van der Waals surface area contributed by atoms with E-state index in [1.165, 1.54) is 12.1 Å². The molecule has 1 aromatic carbocycles. The number of nitrogens with one attached hydrogen (secondary N) is 3. The van der Waals surface area contributed by atoms with Crippen molar-refractivity contribution in [3.05, 3.63) is 70.1 Å². The van der Waals surface area contributed by atoms with Crippen LogP contribution in [0.1, 0.15) is 64.8 Å². The van der Waals surface area contributed by atoms with Crippen LogP contribution < -0.4 is 16.0 Å². The summed E-state index contributed by atoms with van der Waals surface area (Å²) in [5, 5.41) is 19.2. The topological polar surface area (TPSA) is 170 Å². The van der Waals surface area contributed by atoms with E-state index in [4.69, 9.17) is 21.3 Å². The fourth-order valence-electron chi connectivity index (χ4n) is 7.12. The quantitative estimate of drug-likeness (QED) is 0.272. The monoisotopic (exact) mass is 714 g/mol. The fourth-order valence-corrected chi connectivity index (χ4v) is 7.32. The number of carbonyl (C=O) groups excluding carboxylic acids is 4. The van der Waals surface area contributed by atoms with Crippen molar-refractivity contribution in [2.45, 2.75) is 57.2 Å². The molecule has 1 atom stereocenters. The van der Waals surface area contributed by atoms with Crippen molar-refractivity contribution in [2.75, 3.05) is 43.5 Å². The Morgan fingerprint density at radius 1 is 1.04 bits per heavy atom. The molecule has 4 amide bonds. The van der Waals surface area contributed by atoms with Crippen LogP contribution in [-0.4, -0.2) is 88.3 Å². The number of rotatable bonds is 9. The number of carbonyl (C=O) groups is 4. The van der Waals surface area contributed by atoms with Gasteiger partial charge in [-0.1, -0.05) is 23.7 Å². The molecule has 15 heteroatoms. The number of benzene rings is 1. The summed E-state index contributed by atoms with van der Waals surface area (Å²) in [7, 11) is 0. The Morgan fingerprint density at radius 2 is 1.82 bits per heavy atom. The van der Waals surface area contributed by atoms with Crippen molar-refractivity contribution >= 4 is 46.9 Å². The van der Waals surface area contributed by atoms with Gasteiger partial charge in [-0.05, 0) is 56.4 Å². The first-order valence-electron chi connectivity index (χ1n) is 17.0. The number of anilines is 2. The largest absolute Gasteiger partial charge is 0.381 e. The summed E-state index contributed by atoms with van der Waals surface area (Å²) in [6, 6.07) is 11.8. The molecule has 0 spiro atoms. The van der Waals surface area contributed by atoms with Crippen LogP contribution in [0.3, 0.4) is 0 Å². The lowest BCUT2D eigenvalue weighted by atomic mass is 9.82. The number of hydrogen-bond acceptors (Lipinski definition) is 11. The molecule has 7 rings (SSSR count). The molecular weight excluding hydrogens is 679 g/mol. The third-order valence-corrected chi connectivity index (χ3v) is 10.4. The van der Waals surface area contributed by atoms with Crippen molar-refractivity contribution in [1.29, 1.82) is 5.26 Å². The first-order chi connectivity index (χ1) is 24.6. The van der Waals surface area contributed by atoms with Crippen LogP contribution in [0.25, 0.3) is 11.3 Å². The molecule has 4 aliphatic heterocycles. The van der Waals surface area contributed by atoms with Crippen molar-refractivity contribution in [1.82, 2.24) is 25.1 Å². The van der Waals surface area contributed by atoms with E-state index in [1.54, 1.807) is 6.20 Å². The van der Waals surface area contributed by atoms with Gasteiger partial charge in [-0.15, -0.1) is 0 Å². The lowest BCUT2D eigenvalue weighted by Gasteiger charge is -2.32. The summed E-state index contributed by atoms with van der Waals surface area (Å²) in [5.74, 6) is -2.28. The predicted octanol–water partition coefficient (Wildman–Crippen LogP) is 4.15. The van der Waals surface area contributed by atoms with Gasteiger partial charge < -0.3 is 15.4 Å². The van der Waals surface area contributed by atoms with Gasteiger partial charge in [-0.2, -0.15) is 5.26 Å². The van der Waals surface area contributed by atoms with Crippen molar-refractivity contribution < 1.29 is 28.3 Å². The molecule has 51 heavy (non-hydrogen) atoms. The lowest BCUT2D eigenvalue weighted by molar-refractivity contribution is -0.136. The van der Waals surface area contributed by atoms with E-state index < -0.39 is 40.9 Å². The Morgan fingerprint density at radius 3 is 2.57 bits per heavy atom. The van der Waals surface area contributed by atoms with Gasteiger partial charge in [-0.25, -0.2) is 14.4 Å². The first-order valence-corrected chi connectivity index (χ1v) is 17.4. The maximum absolute atomic E-state index is 15.8. The van der Waals surface area contributed by atoms with Gasteiger partial charge in [0, 0.05) is 69.2 Å². The number of likely N-dealkylation sites (tertiary alicyclic amines) is 1. The Balaban J connectivity index is 0.962. The number of halogens is 2. The highest BCUT2D eigenvalue weighted by atomic mass is 35.5. The van der Waals surface area contributed by atoms with Crippen LogP contribution in [0.4, 0.5) is 16.0 Å². The molecular formula is C36H36ClFN8O5. The van der Waals surface area contributed by atoms with Gasteiger partial charge in [0.05, 0.1) is 33.3 Å². The third kappa shape index (κ3) is 7.01. The molecule has 3 aromatic rings. The molecule has 264 valence electrons. The highest BCUT2D eigenvalue weighted by Gasteiger charge is 2.46. The summed E-state index contributed by atoms with van der Waals surface area (Å²) >= 11 is 6.57. The van der Waals surface area contributed by atoms with Gasteiger partial charge in [0.1, 0.15) is 23.5 Å². The van der Waals surface area contributed by atoms with Gasteiger partial charge in [0.25, 0.3) is 11.8 Å². The number of imide groups is 2. The van der Waals surface area contributed by atoms with E-state index in [-0.39, 0.29) is 42.1 Å². The van der Waals surface area contributed by atoms with E-state index in [1.807, 2.05) is 24.3 Å². The number of nitrogens with zero attached hydrogens (tertiary/aromatic N) is 5. The zero-order valence-electron chi connectivity index (χ0n) is 27.7. The Hall–Kier alpha value is -4.97. The van der Waals surface area contributed by atoms with Gasteiger partial charge in [-0.3, -0.25) is 34.3 Å². The summed E-state index contributed by atoms with van der Waals surface area (Å²) < 4.78 is 21.2. The number of piperidine rings is 2. The molecule has 6 heterocycles. The molecule has 3 N–H and O–H groups in total. The van der Waals surface area contributed by atoms with Gasteiger partial charge in [0.2, 0.25) is 11.8 Å². The average molecular weight is 715 g/mol. The number of amides is 4. The minimum absolute atomic E-state index is 0.00349. The van der Waals surface area contributed by atoms with Crippen LogP contribution in [0.5, 0.6) is 0 Å². The second-order valence-electron chi connectivity index (χ2n) is 13.4. The SMILES string of the molecule is N#CC1(CNc2cccc(-c3cc(NC4CCN(Cc5ccc6c(c5F)C(=O)N(C5CCC(=O)NC5=O)C6=O)CC4)ncc3Cl)n2)CCOCC1. The minimum Gasteiger partial charge on any atom is -0.381 e. The van der Waals surface area contributed by atoms with Crippen LogP contribution in [0.2, 0.25) is 5.02 Å². The smallest absolute Gasteiger partial charge is 0.265 e. The number of hydrogen-bond donors (Lipinski definition) is 3. The maximum Gasteiger partial charge on any atom is 0.265 e. The Kier molecular flexibility index (Phi) is 9.69. The second-order valence-corrected chi connectivity index (χ2v) is 13.8. The van der Waals surface area contributed by atoms with Crippen molar-refractivity contribution in [2.24, 2.45) is 5.41 Å². The summed E-state index contributed by atoms with van der Waals surface area (Å²) in [4.78, 5) is 62.3. The van der Waals surface area contributed by atoms with Gasteiger partial charge in [0.15, 0.2) is 0 Å². The summed E-state index contributed by atoms with van der Waals surface area (Å²) in [6.45, 7) is 3.15. The van der Waals surface area contributed by atoms with Crippen LogP contribution in [0.15, 0.2) is 42.6 Å². The van der Waals surface area contributed by atoms with E-state index in [9.17, 15) is 24.4 Å². The fraction of sp³-hybridized carbons (Fsp3) is 0.417. The molecule has 3 saturated heterocycles. The lowest BCUT2D eigenvalue weighted by Crippen LogP contribution is -2.54. The molecule has 0 radical (unpaired) electrons. The number of ether oxygens (including phenoxy) is 1. The van der Waals surface area contributed by atoms with Crippen LogP contribution in [0, 0.1) is 22.6 Å². The zero-order chi connectivity index (χ0) is 35.7. The zero-order valence-corrected chi connectivity index (χ0v) is 28.5. The van der Waals surface area contributed by atoms with Crippen molar-refractivity contribution in [3.63, 3.8) is 0 Å². The van der Waals surface area contributed by atoms with Crippen LogP contribution >= 0.6 is 11.6 Å². The van der Waals surface area contributed by atoms with Crippen molar-refractivity contribution in [3.8, 4) is 17.3 Å². The molecule has 0 saturated carbocycles. The average Bonchev–Trinajstić information content (AvgIpc) is 3.39. The standard InChI is InChI=1S/C36H36ClFN8O5/c37-25-17-40-29(16-24(25)26-2-1-3-28(43-26)41-20-36(19-39)10-14-51-15-11-36)42-22-8-12-45(13-9-22)18-21-4-5-23-31(32(21)38)35(50)46(34(23)49)27-6-7-30(47)44-33(27)48/h1-5,16-17,22,27H,6-15,18,20H2,(H,40,42)(H,41,43)(H,44,47,48). The number of pyridine rings is 2. The highest BCUT2D eigenvalue weighted by Crippen LogP contribution is 2.34. The summed E-state index contributed by atoms with van der Waals surface area (Å²) in [5.41, 5.74) is 0.768. The molecule has 0 bridgehead atoms. The molecule has 4 aliphatic rings. The number of aromatic nitrogens is 2. The number of fused-ring (bicyclic) bond motifs is 1. The molecule has 2 aromatic heterocycles. The maximum atomic E-state index is 15.8. The van der Waals surface area contributed by atoms with Gasteiger partial charge >= 0.3 is 0 Å². The van der Waals surface area contributed by atoms with E-state index in [0.717, 1.165) is 17.7 Å². The first kappa shape index (κ1) is 34.5. The molecule has 1 unspecified atom stereocenters. The van der Waals surface area contributed by atoms with E-state index in [2.05, 4.69) is 31.9 Å². The van der Waals surface area contributed by atoms with E-state index in [0.29, 0.717) is 73.6 Å². The third-order valence-electron chi connectivity index (χ3n) is 10.1.